The molecular formula is C19H18F3N3O2S. The van der Waals surface area contributed by atoms with Crippen LogP contribution in [0.2, 0.25) is 0 Å². The van der Waals surface area contributed by atoms with E-state index in [4.69, 9.17) is 9.47 Å². The summed E-state index contributed by atoms with van der Waals surface area (Å²) in [5.74, 6) is 0. The van der Waals surface area contributed by atoms with E-state index in [-0.39, 0.29) is 13.2 Å². The Morgan fingerprint density at radius 2 is 2.14 bits per heavy atom. The lowest BCUT2D eigenvalue weighted by molar-refractivity contribution is -0.237. The molecule has 1 unspecified atom stereocenters. The van der Waals surface area contributed by atoms with E-state index in [1.54, 1.807) is 24.4 Å². The van der Waals surface area contributed by atoms with Gasteiger partial charge < -0.3 is 9.47 Å². The molecule has 0 saturated carbocycles. The maximum atomic E-state index is 12.9. The van der Waals surface area contributed by atoms with Crippen molar-refractivity contribution in [1.82, 2.24) is 14.9 Å². The van der Waals surface area contributed by atoms with Crippen molar-refractivity contribution >= 4 is 22.2 Å². The summed E-state index contributed by atoms with van der Waals surface area (Å²) in [6, 6.07) is 7.74. The highest BCUT2D eigenvalue weighted by atomic mass is 32.1. The maximum absolute atomic E-state index is 12.9. The molecule has 1 aliphatic heterocycles. The zero-order valence-corrected chi connectivity index (χ0v) is 15.9. The van der Waals surface area contributed by atoms with Gasteiger partial charge in [-0.1, -0.05) is 23.5 Å². The van der Waals surface area contributed by atoms with Gasteiger partial charge in [0.2, 0.25) is 0 Å². The number of benzene rings is 1. The first kappa shape index (κ1) is 19.1. The van der Waals surface area contributed by atoms with Crippen LogP contribution in [0, 0.1) is 0 Å². The Morgan fingerprint density at radius 3 is 2.89 bits per heavy atom. The van der Waals surface area contributed by atoms with Crippen LogP contribution in [0.15, 0.2) is 36.7 Å². The van der Waals surface area contributed by atoms with Crippen molar-refractivity contribution < 1.29 is 22.6 Å². The third-order valence-corrected chi connectivity index (χ3v) is 5.65. The van der Waals surface area contributed by atoms with Crippen LogP contribution in [-0.4, -0.2) is 54.0 Å². The Kier molecular flexibility index (Phi) is 5.22. The van der Waals surface area contributed by atoms with Crippen LogP contribution < -0.4 is 4.74 Å². The third-order valence-electron chi connectivity index (χ3n) is 4.65. The van der Waals surface area contributed by atoms with Crippen LogP contribution in [0.25, 0.3) is 21.3 Å². The Hall–Kier alpha value is -2.23. The van der Waals surface area contributed by atoms with Crippen LogP contribution in [0.3, 0.4) is 0 Å². The van der Waals surface area contributed by atoms with E-state index < -0.39 is 12.3 Å². The van der Waals surface area contributed by atoms with Gasteiger partial charge in [-0.15, -0.1) is 0 Å². The third kappa shape index (κ3) is 3.96. The minimum atomic E-state index is -4.34. The number of rotatable bonds is 4. The summed E-state index contributed by atoms with van der Waals surface area (Å²) in [6.45, 7) is 0.813. The van der Waals surface area contributed by atoms with E-state index in [2.05, 4.69) is 9.97 Å². The van der Waals surface area contributed by atoms with Gasteiger partial charge in [0.1, 0.15) is 0 Å². The number of methoxy groups -OCH3 is 1. The summed E-state index contributed by atoms with van der Waals surface area (Å²) < 4.78 is 48.8. The molecule has 1 saturated heterocycles. The molecule has 1 aromatic carbocycles. The first-order chi connectivity index (χ1) is 13.4. The van der Waals surface area contributed by atoms with Crippen LogP contribution >= 0.6 is 11.3 Å². The Balaban J connectivity index is 1.57. The van der Waals surface area contributed by atoms with Gasteiger partial charge in [-0.3, -0.25) is 9.88 Å². The van der Waals surface area contributed by atoms with E-state index in [0.29, 0.717) is 18.3 Å². The fraction of sp³-hybridized carbons (Fsp3) is 0.368. The number of fused-ring (bicyclic) bond motifs is 1. The molecule has 3 aromatic rings. The molecule has 4 rings (SSSR count). The molecule has 2 aromatic heterocycles. The highest BCUT2D eigenvalue weighted by molar-refractivity contribution is 7.16. The average Bonchev–Trinajstić information content (AvgIpc) is 3.16. The van der Waals surface area contributed by atoms with Gasteiger partial charge in [0.15, 0.2) is 6.10 Å². The second-order valence-corrected chi connectivity index (χ2v) is 7.53. The van der Waals surface area contributed by atoms with Gasteiger partial charge in [-0.25, -0.2) is 4.98 Å². The predicted molar refractivity (Wildman–Crippen MR) is 100 cm³/mol. The number of hydrogen-bond acceptors (Lipinski definition) is 6. The summed E-state index contributed by atoms with van der Waals surface area (Å²) in [7, 11) is 1.58. The van der Waals surface area contributed by atoms with Crippen LogP contribution in [-0.2, 0) is 11.3 Å². The van der Waals surface area contributed by atoms with Crippen molar-refractivity contribution in [2.24, 2.45) is 0 Å². The van der Waals surface area contributed by atoms with Crippen molar-refractivity contribution in [3.05, 3.63) is 42.2 Å². The lowest BCUT2D eigenvalue weighted by atomic mass is 10.1. The second kappa shape index (κ2) is 7.65. The number of aromatic nitrogens is 2. The number of alkyl halides is 3. The van der Waals surface area contributed by atoms with Crippen molar-refractivity contribution in [1.29, 1.82) is 0 Å². The molecular weight excluding hydrogens is 391 g/mol. The van der Waals surface area contributed by atoms with Gasteiger partial charge >= 0.3 is 6.18 Å². The summed E-state index contributed by atoms with van der Waals surface area (Å²) >= 11 is 1.45. The molecule has 148 valence electrons. The highest BCUT2D eigenvalue weighted by Crippen LogP contribution is 2.34. The van der Waals surface area contributed by atoms with Gasteiger partial charge in [-0.05, 0) is 17.7 Å². The largest absolute Gasteiger partial charge is 0.473 e. The number of pyridine rings is 1. The van der Waals surface area contributed by atoms with Crippen molar-refractivity contribution in [2.45, 2.75) is 18.8 Å². The lowest BCUT2D eigenvalue weighted by Crippen LogP contribution is -2.48. The minimum Gasteiger partial charge on any atom is -0.473 e. The molecule has 28 heavy (non-hydrogen) atoms. The number of ether oxygens (including phenoxy) is 2. The van der Waals surface area contributed by atoms with E-state index in [1.165, 1.54) is 11.3 Å². The Morgan fingerprint density at radius 1 is 1.29 bits per heavy atom. The number of nitrogens with zero attached hydrogens (tertiary/aromatic N) is 3. The fourth-order valence-corrected chi connectivity index (χ4v) is 4.06. The number of morpholine rings is 1. The molecule has 1 aliphatic rings. The first-order valence-electron chi connectivity index (χ1n) is 8.72. The summed E-state index contributed by atoms with van der Waals surface area (Å²) in [4.78, 5) is 11.4. The van der Waals surface area contributed by atoms with E-state index >= 15 is 0 Å². The zero-order valence-electron chi connectivity index (χ0n) is 15.1. The fourth-order valence-electron chi connectivity index (χ4n) is 3.29. The minimum absolute atomic E-state index is 0.0768. The molecule has 3 heterocycles. The molecule has 1 fully saturated rings. The summed E-state index contributed by atoms with van der Waals surface area (Å²) in [5, 5.41) is 1.55. The number of hydrogen-bond donors (Lipinski definition) is 0. The maximum Gasteiger partial charge on any atom is 0.415 e. The number of halogens is 3. The van der Waals surface area contributed by atoms with Crippen molar-refractivity contribution in [2.75, 3.05) is 26.8 Å². The summed E-state index contributed by atoms with van der Waals surface area (Å²) in [6.07, 6.45) is -2.58. The van der Waals surface area contributed by atoms with Gasteiger partial charge in [0.25, 0.3) is 5.19 Å². The lowest BCUT2D eigenvalue weighted by Gasteiger charge is -2.33. The molecule has 0 amide bonds. The summed E-state index contributed by atoms with van der Waals surface area (Å²) in [5.41, 5.74) is 2.71. The van der Waals surface area contributed by atoms with E-state index in [9.17, 15) is 13.2 Å². The SMILES string of the molecule is COc1ncc(-c2ccnc3cc(CN4CCOC(C(F)(F)F)C4)ccc23)s1. The van der Waals surface area contributed by atoms with Crippen molar-refractivity contribution in [3.8, 4) is 15.6 Å². The van der Waals surface area contributed by atoms with Crippen molar-refractivity contribution in [3.63, 3.8) is 0 Å². The molecule has 0 radical (unpaired) electrons. The predicted octanol–water partition coefficient (Wildman–Crippen LogP) is 4.13. The standard InChI is InChI=1S/C19H18F3N3O2S/c1-26-18-24-9-16(28-18)14-4-5-23-15-8-12(2-3-13(14)15)10-25-6-7-27-17(11-25)19(20,21)22/h2-5,8-9,17H,6-7,10-11H2,1H3. The number of thiazole rings is 1. The molecule has 9 heteroatoms. The first-order valence-corrected chi connectivity index (χ1v) is 9.54. The molecule has 0 bridgehead atoms. The highest BCUT2D eigenvalue weighted by Gasteiger charge is 2.43. The molecule has 1 atom stereocenters. The average molecular weight is 409 g/mol. The topological polar surface area (TPSA) is 47.5 Å². The molecule has 5 nitrogen and oxygen atoms in total. The van der Waals surface area contributed by atoms with Crippen LogP contribution in [0.5, 0.6) is 5.19 Å². The quantitative estimate of drug-likeness (QED) is 0.649. The molecule has 0 N–H and O–H groups in total. The van der Waals surface area contributed by atoms with E-state index in [1.807, 2.05) is 24.3 Å². The van der Waals surface area contributed by atoms with Gasteiger partial charge in [-0.2, -0.15) is 13.2 Å². The second-order valence-electron chi connectivity index (χ2n) is 6.54. The normalized spacial score (nSPS) is 18.5. The van der Waals surface area contributed by atoms with E-state index in [0.717, 1.165) is 26.9 Å². The Labute approximate surface area is 163 Å². The van der Waals surface area contributed by atoms with Crippen LogP contribution in [0.4, 0.5) is 13.2 Å². The molecule has 0 spiro atoms. The Bertz CT molecular complexity index is 976. The van der Waals surface area contributed by atoms with Gasteiger partial charge in [0.05, 0.1) is 24.1 Å². The van der Waals surface area contributed by atoms with Gasteiger partial charge in [0, 0.05) is 43.0 Å². The molecule has 0 aliphatic carbocycles. The smallest absolute Gasteiger partial charge is 0.415 e. The zero-order chi connectivity index (χ0) is 19.7. The van der Waals surface area contributed by atoms with Crippen LogP contribution in [0.1, 0.15) is 5.56 Å². The monoisotopic (exact) mass is 409 g/mol.